The summed E-state index contributed by atoms with van der Waals surface area (Å²) in [7, 11) is 1.86. The molecular weight excluding hydrogens is 380 g/mol. The molecule has 29 heavy (non-hydrogen) atoms. The summed E-state index contributed by atoms with van der Waals surface area (Å²) in [5.74, 6) is 0.924. The summed E-state index contributed by atoms with van der Waals surface area (Å²) in [5, 5.41) is 9.31. The van der Waals surface area contributed by atoms with Crippen molar-refractivity contribution >= 4 is 17.7 Å². The Balaban J connectivity index is 1.74. The number of nitrogens with zero attached hydrogens (tertiary/aromatic N) is 4. The van der Waals surface area contributed by atoms with Crippen LogP contribution in [0.2, 0.25) is 0 Å². The Morgan fingerprint density at radius 1 is 1.14 bits per heavy atom. The molecule has 1 atom stereocenters. The van der Waals surface area contributed by atoms with Crippen LogP contribution in [0.5, 0.6) is 0 Å². The number of hydrogen-bond donors (Lipinski definition) is 0. The van der Waals surface area contributed by atoms with Gasteiger partial charge in [0, 0.05) is 25.7 Å². The number of aryl methyl sites for hydroxylation is 2. The maximum atomic E-state index is 12.9. The highest BCUT2D eigenvalue weighted by Crippen LogP contribution is 2.28. The van der Waals surface area contributed by atoms with E-state index in [2.05, 4.69) is 59.8 Å². The van der Waals surface area contributed by atoms with Gasteiger partial charge < -0.3 is 9.47 Å². The van der Waals surface area contributed by atoms with Gasteiger partial charge in [-0.3, -0.25) is 4.79 Å². The average Bonchev–Trinajstić information content (AvgIpc) is 3.11. The standard InChI is InChI=1S/C23H28N4OS/c1-6-27-21(19-13-9-10-16(2)14-19)24-25-23(27)29-18(4)22(28)26(5)15-20-12-8-7-11-17(20)3/h7-14,18H,6,15H2,1-5H3. The van der Waals surface area contributed by atoms with Crippen molar-refractivity contribution < 1.29 is 4.79 Å². The predicted octanol–water partition coefficient (Wildman–Crippen LogP) is 4.72. The third kappa shape index (κ3) is 4.88. The first kappa shape index (κ1) is 21.1. The van der Waals surface area contributed by atoms with Crippen molar-refractivity contribution in [1.29, 1.82) is 0 Å². The number of rotatable bonds is 7. The Morgan fingerprint density at radius 3 is 2.59 bits per heavy atom. The lowest BCUT2D eigenvalue weighted by Crippen LogP contribution is -2.33. The second-order valence-electron chi connectivity index (χ2n) is 7.30. The smallest absolute Gasteiger partial charge is 0.235 e. The van der Waals surface area contributed by atoms with Crippen molar-refractivity contribution in [3.63, 3.8) is 0 Å². The highest BCUT2D eigenvalue weighted by atomic mass is 32.2. The average molecular weight is 409 g/mol. The molecular formula is C23H28N4OS. The number of aromatic nitrogens is 3. The van der Waals surface area contributed by atoms with Gasteiger partial charge in [-0.2, -0.15) is 0 Å². The monoisotopic (exact) mass is 408 g/mol. The van der Waals surface area contributed by atoms with E-state index in [1.165, 1.54) is 28.5 Å². The van der Waals surface area contributed by atoms with Crippen LogP contribution < -0.4 is 0 Å². The van der Waals surface area contributed by atoms with Crippen LogP contribution in [0.3, 0.4) is 0 Å². The zero-order valence-corrected chi connectivity index (χ0v) is 18.5. The van der Waals surface area contributed by atoms with Gasteiger partial charge in [-0.05, 0) is 44.9 Å². The molecule has 1 unspecified atom stereocenters. The largest absolute Gasteiger partial charge is 0.340 e. The summed E-state index contributed by atoms with van der Waals surface area (Å²) in [4.78, 5) is 14.7. The first-order valence-corrected chi connectivity index (χ1v) is 10.7. The minimum atomic E-state index is -0.246. The summed E-state index contributed by atoms with van der Waals surface area (Å²) in [6, 6.07) is 16.4. The maximum Gasteiger partial charge on any atom is 0.235 e. The number of carbonyl (C=O) groups excluding carboxylic acids is 1. The van der Waals surface area contributed by atoms with Crippen LogP contribution in [0.25, 0.3) is 11.4 Å². The molecule has 1 heterocycles. The highest BCUT2D eigenvalue weighted by Gasteiger charge is 2.23. The minimum Gasteiger partial charge on any atom is -0.340 e. The summed E-state index contributed by atoms with van der Waals surface area (Å²) in [5.41, 5.74) is 4.59. The van der Waals surface area contributed by atoms with Gasteiger partial charge in [-0.1, -0.05) is 59.8 Å². The Labute approximate surface area is 177 Å². The van der Waals surface area contributed by atoms with Gasteiger partial charge in [0.15, 0.2) is 11.0 Å². The third-order valence-electron chi connectivity index (χ3n) is 4.98. The van der Waals surface area contributed by atoms with Crippen LogP contribution in [-0.4, -0.2) is 37.9 Å². The molecule has 3 rings (SSSR count). The molecule has 0 fully saturated rings. The summed E-state index contributed by atoms with van der Waals surface area (Å²) >= 11 is 1.46. The molecule has 0 N–H and O–H groups in total. The Morgan fingerprint density at radius 2 is 1.90 bits per heavy atom. The molecule has 0 aliphatic rings. The van der Waals surface area contributed by atoms with Gasteiger partial charge in [-0.25, -0.2) is 0 Å². The van der Waals surface area contributed by atoms with E-state index >= 15 is 0 Å². The predicted molar refractivity (Wildman–Crippen MR) is 119 cm³/mol. The van der Waals surface area contributed by atoms with Crippen molar-refractivity contribution in [1.82, 2.24) is 19.7 Å². The topological polar surface area (TPSA) is 51.0 Å². The molecule has 0 aliphatic carbocycles. The molecule has 0 bridgehead atoms. The van der Waals surface area contributed by atoms with Gasteiger partial charge >= 0.3 is 0 Å². The Kier molecular flexibility index (Phi) is 6.75. The van der Waals surface area contributed by atoms with Gasteiger partial charge in [0.25, 0.3) is 0 Å². The second kappa shape index (κ2) is 9.27. The SMILES string of the molecule is CCn1c(SC(C)C(=O)N(C)Cc2ccccc2C)nnc1-c1cccc(C)c1. The Hall–Kier alpha value is -2.60. The molecule has 0 aliphatic heterocycles. The van der Waals surface area contributed by atoms with Crippen LogP contribution in [-0.2, 0) is 17.9 Å². The van der Waals surface area contributed by atoms with E-state index in [0.717, 1.165) is 23.1 Å². The van der Waals surface area contributed by atoms with Crippen LogP contribution in [0, 0.1) is 13.8 Å². The fraction of sp³-hybridized carbons (Fsp3) is 0.348. The number of amides is 1. The fourth-order valence-corrected chi connectivity index (χ4v) is 4.33. The molecule has 0 saturated heterocycles. The fourth-order valence-electron chi connectivity index (χ4n) is 3.30. The van der Waals surface area contributed by atoms with E-state index in [1.807, 2.05) is 38.2 Å². The first-order chi connectivity index (χ1) is 13.9. The van der Waals surface area contributed by atoms with Crippen LogP contribution in [0.1, 0.15) is 30.5 Å². The molecule has 1 aromatic heterocycles. The molecule has 5 nitrogen and oxygen atoms in total. The molecule has 6 heteroatoms. The van der Waals surface area contributed by atoms with E-state index in [4.69, 9.17) is 0 Å². The van der Waals surface area contributed by atoms with E-state index < -0.39 is 0 Å². The molecule has 0 spiro atoms. The minimum absolute atomic E-state index is 0.0843. The van der Waals surface area contributed by atoms with Gasteiger partial charge in [0.05, 0.1) is 5.25 Å². The lowest BCUT2D eigenvalue weighted by molar-refractivity contribution is -0.129. The van der Waals surface area contributed by atoms with Crippen molar-refractivity contribution in [3.8, 4) is 11.4 Å². The van der Waals surface area contributed by atoms with Gasteiger partial charge in [0.1, 0.15) is 0 Å². The van der Waals surface area contributed by atoms with E-state index in [-0.39, 0.29) is 11.2 Å². The first-order valence-electron chi connectivity index (χ1n) is 9.87. The lowest BCUT2D eigenvalue weighted by atomic mass is 10.1. The van der Waals surface area contributed by atoms with Crippen molar-refractivity contribution in [3.05, 3.63) is 65.2 Å². The number of carbonyl (C=O) groups is 1. The van der Waals surface area contributed by atoms with Crippen molar-refractivity contribution in [2.45, 2.75) is 51.2 Å². The summed E-state index contributed by atoms with van der Waals surface area (Å²) in [6.45, 7) is 9.50. The van der Waals surface area contributed by atoms with E-state index in [9.17, 15) is 4.79 Å². The molecule has 3 aromatic rings. The molecule has 152 valence electrons. The van der Waals surface area contributed by atoms with Crippen LogP contribution in [0.4, 0.5) is 0 Å². The van der Waals surface area contributed by atoms with Crippen molar-refractivity contribution in [2.24, 2.45) is 0 Å². The van der Waals surface area contributed by atoms with Gasteiger partial charge in [0.2, 0.25) is 5.91 Å². The second-order valence-corrected chi connectivity index (χ2v) is 8.61. The normalized spacial score (nSPS) is 12.0. The molecule has 0 saturated carbocycles. The third-order valence-corrected chi connectivity index (χ3v) is 6.05. The maximum absolute atomic E-state index is 12.9. The quantitative estimate of drug-likeness (QED) is 0.531. The van der Waals surface area contributed by atoms with Crippen molar-refractivity contribution in [2.75, 3.05) is 7.05 Å². The van der Waals surface area contributed by atoms with Gasteiger partial charge in [-0.15, -0.1) is 10.2 Å². The number of hydrogen-bond acceptors (Lipinski definition) is 4. The summed E-state index contributed by atoms with van der Waals surface area (Å²) in [6.07, 6.45) is 0. The number of thioether (sulfide) groups is 1. The van der Waals surface area contributed by atoms with Crippen LogP contribution in [0.15, 0.2) is 53.7 Å². The zero-order chi connectivity index (χ0) is 21.0. The van der Waals surface area contributed by atoms with Crippen LogP contribution >= 0.6 is 11.8 Å². The molecule has 1 amide bonds. The molecule has 0 radical (unpaired) electrons. The highest BCUT2D eigenvalue weighted by molar-refractivity contribution is 8.00. The number of benzene rings is 2. The summed E-state index contributed by atoms with van der Waals surface area (Å²) < 4.78 is 2.07. The lowest BCUT2D eigenvalue weighted by Gasteiger charge is -2.22. The van der Waals surface area contributed by atoms with E-state index in [1.54, 1.807) is 4.90 Å². The van der Waals surface area contributed by atoms with E-state index in [0.29, 0.717) is 6.54 Å². The molecule has 2 aromatic carbocycles. The zero-order valence-electron chi connectivity index (χ0n) is 17.7. The Bertz CT molecular complexity index is 998.